The van der Waals surface area contributed by atoms with Gasteiger partial charge in [-0.3, -0.25) is 37.3 Å². The summed E-state index contributed by atoms with van der Waals surface area (Å²) in [6.45, 7) is 11.9. The molecule has 19 heteroatoms. The number of rotatable bonds is 76. The van der Waals surface area contributed by atoms with Gasteiger partial charge in [-0.25, -0.2) is 9.13 Å². The molecule has 2 unspecified atom stereocenters. The molecule has 0 amide bonds. The molecule has 0 aliphatic rings. The quantitative estimate of drug-likeness (QED) is 0.0222. The van der Waals surface area contributed by atoms with Crippen LogP contribution in [0.4, 0.5) is 0 Å². The Labute approximate surface area is 594 Å². The molecule has 0 rings (SSSR count). The van der Waals surface area contributed by atoms with Crippen LogP contribution in [-0.4, -0.2) is 96.7 Å². The fraction of sp³-hybridized carbons (Fsp3) is 0.949. The average Bonchev–Trinajstić information content (AvgIpc) is 2.44. The lowest BCUT2D eigenvalue weighted by Gasteiger charge is -2.21. The van der Waals surface area contributed by atoms with Crippen LogP contribution in [0.2, 0.25) is 0 Å². The highest BCUT2D eigenvalue weighted by Crippen LogP contribution is 2.45. The van der Waals surface area contributed by atoms with E-state index in [1.807, 2.05) is 0 Å². The summed E-state index contributed by atoms with van der Waals surface area (Å²) in [6.07, 6.45) is 55.7. The van der Waals surface area contributed by atoms with Crippen LogP contribution in [0.15, 0.2) is 0 Å². The Morgan fingerprint density at radius 3 is 0.701 bits per heavy atom. The number of phosphoric ester groups is 2. The molecule has 0 radical (unpaired) electrons. The summed E-state index contributed by atoms with van der Waals surface area (Å²) in [5.41, 5.74) is 0. The van der Waals surface area contributed by atoms with Gasteiger partial charge in [0.25, 0.3) is 0 Å². The molecule has 97 heavy (non-hydrogen) atoms. The summed E-state index contributed by atoms with van der Waals surface area (Å²) in [4.78, 5) is 72.8. The number of phosphoric acid groups is 2. The Balaban J connectivity index is 5.20. The number of hydrogen-bond donors (Lipinski definition) is 3. The molecular formula is C78H152O17P2. The molecule has 5 atom stereocenters. The van der Waals surface area contributed by atoms with Crippen molar-refractivity contribution < 1.29 is 80.2 Å². The number of ether oxygens (including phenoxy) is 4. The SMILES string of the molecule is CCCCCCCCCCCCCCC(=O)O[C@H](COC(=O)CCCCCCCCC(C)C)COP(=O)(O)OC[C@H](O)COP(=O)(O)OC[C@@H](COC(=O)CCCCCCCCCCCCCCC(C)C)OC(=O)CCCCCCCCCCCCCCCCCCCCC(C)C. The molecule has 3 N–H and O–H groups in total. The zero-order chi connectivity index (χ0) is 71.6. The summed E-state index contributed by atoms with van der Waals surface area (Å²) >= 11 is 0. The molecule has 0 fully saturated rings. The fourth-order valence-electron chi connectivity index (χ4n) is 12.0. The molecule has 0 saturated carbocycles. The van der Waals surface area contributed by atoms with Crippen molar-refractivity contribution in [2.75, 3.05) is 39.6 Å². The van der Waals surface area contributed by atoms with Crippen molar-refractivity contribution in [2.45, 2.75) is 420 Å². The van der Waals surface area contributed by atoms with Gasteiger partial charge in [0.2, 0.25) is 0 Å². The number of aliphatic hydroxyl groups is 1. The Morgan fingerprint density at radius 2 is 0.474 bits per heavy atom. The molecule has 0 aromatic carbocycles. The summed E-state index contributed by atoms with van der Waals surface area (Å²) in [5.74, 6) is 0.165. The van der Waals surface area contributed by atoms with Crippen molar-refractivity contribution in [2.24, 2.45) is 17.8 Å². The molecule has 0 saturated heterocycles. The van der Waals surface area contributed by atoms with Crippen LogP contribution in [0.1, 0.15) is 402 Å². The number of unbranched alkanes of at least 4 members (excludes halogenated alkanes) is 44. The molecule has 0 aliphatic carbocycles. The van der Waals surface area contributed by atoms with E-state index in [9.17, 15) is 43.2 Å². The number of carbonyl (C=O) groups excluding carboxylic acids is 4. The van der Waals surface area contributed by atoms with E-state index in [-0.39, 0.29) is 25.7 Å². The smallest absolute Gasteiger partial charge is 0.462 e. The second-order valence-electron chi connectivity index (χ2n) is 29.5. The number of aliphatic hydroxyl groups excluding tert-OH is 1. The van der Waals surface area contributed by atoms with Crippen LogP contribution >= 0.6 is 15.6 Å². The van der Waals surface area contributed by atoms with Gasteiger partial charge in [0.05, 0.1) is 26.4 Å². The first kappa shape index (κ1) is 95.1. The van der Waals surface area contributed by atoms with Crippen molar-refractivity contribution in [3.63, 3.8) is 0 Å². The van der Waals surface area contributed by atoms with E-state index in [4.69, 9.17) is 37.0 Å². The Morgan fingerprint density at radius 1 is 0.278 bits per heavy atom. The highest BCUT2D eigenvalue weighted by Gasteiger charge is 2.30. The van der Waals surface area contributed by atoms with Crippen molar-refractivity contribution in [3.05, 3.63) is 0 Å². The summed E-state index contributed by atoms with van der Waals surface area (Å²) in [6, 6.07) is 0. The van der Waals surface area contributed by atoms with Crippen LogP contribution in [0, 0.1) is 17.8 Å². The highest BCUT2D eigenvalue weighted by atomic mass is 31.2. The number of esters is 4. The molecule has 0 bridgehead atoms. The topological polar surface area (TPSA) is 237 Å². The molecular weight excluding hydrogens is 1270 g/mol. The van der Waals surface area contributed by atoms with Crippen molar-refractivity contribution in [3.8, 4) is 0 Å². The maximum Gasteiger partial charge on any atom is 0.472 e. The lowest BCUT2D eigenvalue weighted by Crippen LogP contribution is -2.30. The lowest BCUT2D eigenvalue weighted by molar-refractivity contribution is -0.161. The first-order valence-corrected chi connectivity index (χ1v) is 43.3. The van der Waals surface area contributed by atoms with E-state index in [0.717, 1.165) is 108 Å². The first-order valence-electron chi connectivity index (χ1n) is 40.3. The number of carbonyl (C=O) groups is 4. The zero-order valence-electron chi connectivity index (χ0n) is 63.5. The zero-order valence-corrected chi connectivity index (χ0v) is 65.3. The van der Waals surface area contributed by atoms with Crippen LogP contribution in [0.5, 0.6) is 0 Å². The minimum absolute atomic E-state index is 0.106. The van der Waals surface area contributed by atoms with Gasteiger partial charge in [-0.2, -0.15) is 0 Å². The van der Waals surface area contributed by atoms with Gasteiger partial charge in [-0.15, -0.1) is 0 Å². The van der Waals surface area contributed by atoms with Gasteiger partial charge < -0.3 is 33.8 Å². The average molecular weight is 1420 g/mol. The molecule has 0 aliphatic heterocycles. The number of hydrogen-bond acceptors (Lipinski definition) is 15. The van der Waals surface area contributed by atoms with Gasteiger partial charge in [0.1, 0.15) is 19.3 Å². The second-order valence-corrected chi connectivity index (χ2v) is 32.4. The van der Waals surface area contributed by atoms with Gasteiger partial charge in [0.15, 0.2) is 12.2 Å². The minimum Gasteiger partial charge on any atom is -0.462 e. The molecule has 576 valence electrons. The lowest BCUT2D eigenvalue weighted by atomic mass is 10.0. The Kier molecular flexibility index (Phi) is 67.1. The van der Waals surface area contributed by atoms with E-state index in [1.54, 1.807) is 0 Å². The maximum atomic E-state index is 13.1. The van der Waals surface area contributed by atoms with E-state index < -0.39 is 97.5 Å². The predicted octanol–water partition coefficient (Wildman–Crippen LogP) is 23.0. The maximum absolute atomic E-state index is 13.1. The van der Waals surface area contributed by atoms with Gasteiger partial charge >= 0.3 is 39.5 Å². The van der Waals surface area contributed by atoms with E-state index >= 15 is 0 Å². The summed E-state index contributed by atoms with van der Waals surface area (Å²) < 4.78 is 68.5. The molecule has 0 aromatic rings. The second kappa shape index (κ2) is 68.5. The third kappa shape index (κ3) is 72.2. The third-order valence-corrected chi connectivity index (χ3v) is 20.0. The van der Waals surface area contributed by atoms with Crippen molar-refractivity contribution >= 4 is 39.5 Å². The minimum atomic E-state index is -4.96. The fourth-order valence-corrected chi connectivity index (χ4v) is 13.5. The Bertz CT molecular complexity index is 1890. The molecule has 0 aromatic heterocycles. The van der Waals surface area contributed by atoms with Crippen LogP contribution in [0.25, 0.3) is 0 Å². The van der Waals surface area contributed by atoms with Crippen LogP contribution in [0.3, 0.4) is 0 Å². The third-order valence-electron chi connectivity index (χ3n) is 18.1. The highest BCUT2D eigenvalue weighted by molar-refractivity contribution is 7.47. The van der Waals surface area contributed by atoms with Gasteiger partial charge in [-0.05, 0) is 43.4 Å². The van der Waals surface area contributed by atoms with Crippen molar-refractivity contribution in [1.82, 2.24) is 0 Å². The van der Waals surface area contributed by atoms with Crippen LogP contribution < -0.4 is 0 Å². The molecule has 0 spiro atoms. The monoisotopic (exact) mass is 1420 g/mol. The van der Waals surface area contributed by atoms with Crippen LogP contribution in [-0.2, 0) is 65.4 Å². The van der Waals surface area contributed by atoms with Gasteiger partial charge in [0, 0.05) is 25.7 Å². The summed E-state index contributed by atoms with van der Waals surface area (Å²) in [7, 11) is -9.91. The van der Waals surface area contributed by atoms with Crippen molar-refractivity contribution in [1.29, 1.82) is 0 Å². The molecule has 0 heterocycles. The largest absolute Gasteiger partial charge is 0.472 e. The van der Waals surface area contributed by atoms with E-state index in [2.05, 4.69) is 48.5 Å². The van der Waals surface area contributed by atoms with E-state index in [0.29, 0.717) is 31.6 Å². The van der Waals surface area contributed by atoms with E-state index in [1.165, 1.54) is 205 Å². The Hall–Kier alpha value is -1.94. The standard InChI is InChI=1S/C78H152O17P2/c1-8-9-10-11-12-13-14-27-33-38-47-54-61-77(82)95-74(66-89-76(81)60-53-46-41-40-44-51-58-71(6)7)68-93-97(86,87)91-64-72(79)63-90-96(84,85)92-67-73(65-88-75(80)59-52-45-37-32-28-24-23-26-31-36-43-50-57-70(4)5)94-78(83)62-55-48-39-34-29-22-20-18-16-15-17-19-21-25-30-35-42-49-56-69(2)3/h69-74,79H,8-68H2,1-7H3,(H,84,85)(H,86,87)/t72-,73-,74-/m1/s1. The normalized spacial score (nSPS) is 14.0. The first-order chi connectivity index (χ1) is 46.7. The molecule has 17 nitrogen and oxygen atoms in total. The van der Waals surface area contributed by atoms with Gasteiger partial charge in [-0.1, -0.05) is 350 Å². The predicted molar refractivity (Wildman–Crippen MR) is 395 cm³/mol. The summed E-state index contributed by atoms with van der Waals surface area (Å²) in [5, 5.41) is 10.6.